The van der Waals surface area contributed by atoms with Gasteiger partial charge in [0.1, 0.15) is 6.61 Å². The molecule has 0 aromatic heterocycles. The van der Waals surface area contributed by atoms with Crippen LogP contribution in [0.15, 0.2) is 103 Å². The Kier molecular flexibility index (Phi) is 5.83. The fourth-order valence-electron chi connectivity index (χ4n) is 4.48. The number of carbonyl (C=O) groups excluding carboxylic acids is 1. The van der Waals surface area contributed by atoms with Gasteiger partial charge in [-0.15, -0.1) is 0 Å². The minimum absolute atomic E-state index is 0.0377. The molecule has 0 atom stereocenters. The van der Waals surface area contributed by atoms with Crippen LogP contribution in [-0.2, 0) is 11.3 Å². The van der Waals surface area contributed by atoms with Crippen molar-refractivity contribution in [3.05, 3.63) is 125 Å². The molecule has 1 aliphatic rings. The van der Waals surface area contributed by atoms with Gasteiger partial charge in [-0.25, -0.2) is 9.59 Å². The lowest BCUT2D eigenvalue weighted by atomic mass is 9.98. The third-order valence-electron chi connectivity index (χ3n) is 6.17. The molecule has 5 rings (SSSR count). The molecule has 1 aliphatic carbocycles. The predicted octanol–water partition coefficient (Wildman–Crippen LogP) is 6.34. The molecule has 1 amide bonds. The summed E-state index contributed by atoms with van der Waals surface area (Å²) >= 11 is 0. The Labute approximate surface area is 197 Å². The van der Waals surface area contributed by atoms with Crippen LogP contribution in [0.5, 0.6) is 0 Å². The highest BCUT2D eigenvalue weighted by Crippen LogP contribution is 2.44. The number of hydrogen-bond acceptors (Lipinski definition) is 3. The number of aromatic carboxylic acids is 1. The first-order valence-electron chi connectivity index (χ1n) is 11.1. The van der Waals surface area contributed by atoms with Crippen molar-refractivity contribution in [1.82, 2.24) is 0 Å². The zero-order chi connectivity index (χ0) is 23.5. The molecule has 168 valence electrons. The highest BCUT2D eigenvalue weighted by Gasteiger charge is 2.30. The third kappa shape index (κ3) is 4.16. The standard InChI is InChI=1S/C29H23NO4/c31-28(32)21-14-16-22(17-15-21)30(18-20-8-2-1-3-9-20)29(33)34-19-27-25-12-6-4-10-23(25)24-11-5-7-13-26(24)27/h1-17,27H,18-19H2,(H,31,32). The maximum Gasteiger partial charge on any atom is 0.414 e. The van der Waals surface area contributed by atoms with E-state index in [2.05, 4.69) is 24.3 Å². The normalized spacial score (nSPS) is 12.0. The Bertz CT molecular complexity index is 1290. The molecule has 0 unspecified atom stereocenters. The third-order valence-corrected chi connectivity index (χ3v) is 6.17. The van der Waals surface area contributed by atoms with Crippen molar-refractivity contribution < 1.29 is 19.4 Å². The number of carboxylic acids is 1. The molecule has 0 heterocycles. The Morgan fingerprint density at radius 3 is 1.88 bits per heavy atom. The average molecular weight is 450 g/mol. The summed E-state index contributed by atoms with van der Waals surface area (Å²) < 4.78 is 5.88. The zero-order valence-corrected chi connectivity index (χ0v) is 18.4. The number of nitrogens with zero attached hydrogens (tertiary/aromatic N) is 1. The molecule has 0 radical (unpaired) electrons. The minimum atomic E-state index is -1.01. The van der Waals surface area contributed by atoms with E-state index in [9.17, 15) is 14.7 Å². The first-order valence-corrected chi connectivity index (χ1v) is 11.1. The van der Waals surface area contributed by atoms with Crippen molar-refractivity contribution in [3.8, 4) is 11.1 Å². The molecular formula is C29H23NO4. The van der Waals surface area contributed by atoms with Crippen LogP contribution < -0.4 is 4.90 Å². The SMILES string of the molecule is O=C(O)c1ccc(N(Cc2ccccc2)C(=O)OCC2c3ccccc3-c3ccccc32)cc1. The van der Waals surface area contributed by atoms with Gasteiger partial charge in [0.25, 0.3) is 0 Å². The van der Waals surface area contributed by atoms with Crippen molar-refractivity contribution >= 4 is 17.7 Å². The maximum atomic E-state index is 13.3. The van der Waals surface area contributed by atoms with Crippen LogP contribution in [0, 0.1) is 0 Å². The van der Waals surface area contributed by atoms with Crippen LogP contribution in [-0.4, -0.2) is 23.8 Å². The lowest BCUT2D eigenvalue weighted by Gasteiger charge is -2.24. The molecule has 0 saturated heterocycles. The average Bonchev–Trinajstić information content (AvgIpc) is 3.20. The number of ether oxygens (including phenoxy) is 1. The van der Waals surface area contributed by atoms with E-state index in [1.54, 1.807) is 12.1 Å². The summed E-state index contributed by atoms with van der Waals surface area (Å²) in [6.07, 6.45) is -0.478. The van der Waals surface area contributed by atoms with Crippen LogP contribution >= 0.6 is 0 Å². The summed E-state index contributed by atoms with van der Waals surface area (Å²) in [5.41, 5.74) is 6.32. The van der Waals surface area contributed by atoms with Gasteiger partial charge in [-0.05, 0) is 52.1 Å². The van der Waals surface area contributed by atoms with E-state index in [4.69, 9.17) is 4.74 Å². The fourth-order valence-corrected chi connectivity index (χ4v) is 4.48. The van der Waals surface area contributed by atoms with Crippen molar-refractivity contribution in [2.45, 2.75) is 12.5 Å². The van der Waals surface area contributed by atoms with Crippen LogP contribution in [0.25, 0.3) is 11.1 Å². The van der Waals surface area contributed by atoms with Crippen molar-refractivity contribution in [2.24, 2.45) is 0 Å². The Hall–Kier alpha value is -4.38. The van der Waals surface area contributed by atoms with E-state index in [1.807, 2.05) is 54.6 Å². The molecule has 5 heteroatoms. The summed E-state index contributed by atoms with van der Waals surface area (Å²) in [6, 6.07) is 32.3. The summed E-state index contributed by atoms with van der Waals surface area (Å²) in [5.74, 6) is -1.05. The molecule has 34 heavy (non-hydrogen) atoms. The topological polar surface area (TPSA) is 66.8 Å². The molecule has 0 bridgehead atoms. The highest BCUT2D eigenvalue weighted by molar-refractivity contribution is 5.91. The van der Waals surface area contributed by atoms with E-state index in [0.717, 1.165) is 16.7 Å². The molecule has 5 nitrogen and oxygen atoms in total. The smallest absolute Gasteiger partial charge is 0.414 e. The van der Waals surface area contributed by atoms with E-state index in [-0.39, 0.29) is 18.1 Å². The number of carbonyl (C=O) groups is 2. The number of hydrogen-bond donors (Lipinski definition) is 1. The van der Waals surface area contributed by atoms with Crippen LogP contribution in [0.4, 0.5) is 10.5 Å². The number of amides is 1. The zero-order valence-electron chi connectivity index (χ0n) is 18.4. The van der Waals surface area contributed by atoms with Crippen LogP contribution in [0.2, 0.25) is 0 Å². The molecule has 4 aromatic rings. The molecule has 0 fully saturated rings. The van der Waals surface area contributed by atoms with Gasteiger partial charge in [0.15, 0.2) is 0 Å². The van der Waals surface area contributed by atoms with E-state index < -0.39 is 12.1 Å². The molecule has 0 saturated carbocycles. The van der Waals surface area contributed by atoms with Crippen LogP contribution in [0.1, 0.15) is 33.0 Å². The second kappa shape index (κ2) is 9.24. The number of carboxylic acid groups (broad SMARTS) is 1. The van der Waals surface area contributed by atoms with Crippen molar-refractivity contribution in [3.63, 3.8) is 0 Å². The van der Waals surface area contributed by atoms with Crippen LogP contribution in [0.3, 0.4) is 0 Å². The first-order chi connectivity index (χ1) is 16.6. The van der Waals surface area contributed by atoms with E-state index in [0.29, 0.717) is 12.2 Å². The summed E-state index contributed by atoms with van der Waals surface area (Å²) in [5, 5.41) is 9.22. The molecule has 0 aliphatic heterocycles. The van der Waals surface area contributed by atoms with Gasteiger partial charge in [-0.2, -0.15) is 0 Å². The van der Waals surface area contributed by atoms with E-state index >= 15 is 0 Å². The summed E-state index contributed by atoms with van der Waals surface area (Å²) in [4.78, 5) is 26.1. The largest absolute Gasteiger partial charge is 0.478 e. The van der Waals surface area contributed by atoms with Gasteiger partial charge in [-0.3, -0.25) is 4.90 Å². The monoisotopic (exact) mass is 449 g/mol. The van der Waals surface area contributed by atoms with Gasteiger partial charge in [0.2, 0.25) is 0 Å². The minimum Gasteiger partial charge on any atom is -0.478 e. The maximum absolute atomic E-state index is 13.3. The van der Waals surface area contributed by atoms with E-state index in [1.165, 1.54) is 28.2 Å². The number of anilines is 1. The molecule has 4 aromatic carbocycles. The number of benzene rings is 4. The second-order valence-corrected chi connectivity index (χ2v) is 8.23. The lowest BCUT2D eigenvalue weighted by Crippen LogP contribution is -2.32. The summed E-state index contributed by atoms with van der Waals surface area (Å²) in [7, 11) is 0. The van der Waals surface area contributed by atoms with Crippen molar-refractivity contribution in [2.75, 3.05) is 11.5 Å². The quantitative estimate of drug-likeness (QED) is 0.373. The second-order valence-electron chi connectivity index (χ2n) is 8.23. The lowest BCUT2D eigenvalue weighted by molar-refractivity contribution is 0.0697. The summed E-state index contributed by atoms with van der Waals surface area (Å²) in [6.45, 7) is 0.523. The molecular weight excluding hydrogens is 426 g/mol. The van der Waals surface area contributed by atoms with Gasteiger partial charge >= 0.3 is 12.1 Å². The fraction of sp³-hybridized carbons (Fsp3) is 0.103. The number of fused-ring (bicyclic) bond motifs is 3. The predicted molar refractivity (Wildman–Crippen MR) is 131 cm³/mol. The Morgan fingerprint density at radius 2 is 1.29 bits per heavy atom. The number of rotatable bonds is 6. The van der Waals surface area contributed by atoms with Gasteiger partial charge in [-0.1, -0.05) is 78.9 Å². The molecule has 0 spiro atoms. The Morgan fingerprint density at radius 1 is 0.735 bits per heavy atom. The Balaban J connectivity index is 1.40. The first kappa shape index (κ1) is 21.5. The van der Waals surface area contributed by atoms with Crippen molar-refractivity contribution in [1.29, 1.82) is 0 Å². The highest BCUT2D eigenvalue weighted by atomic mass is 16.6. The van der Waals surface area contributed by atoms with Gasteiger partial charge in [0, 0.05) is 11.6 Å². The van der Waals surface area contributed by atoms with Gasteiger partial charge < -0.3 is 9.84 Å². The van der Waals surface area contributed by atoms with Gasteiger partial charge in [0.05, 0.1) is 12.1 Å². The molecule has 1 N–H and O–H groups in total.